The second-order valence-corrected chi connectivity index (χ2v) is 10.0. The molecular formula is C33H29FN2O3. The number of halogens is 1. The van der Waals surface area contributed by atoms with Gasteiger partial charge in [0.2, 0.25) is 5.78 Å². The van der Waals surface area contributed by atoms with Crippen LogP contribution in [0.5, 0.6) is 11.5 Å². The number of fused-ring (bicyclic) bond motifs is 1. The zero-order valence-corrected chi connectivity index (χ0v) is 21.7. The third-order valence-electron chi connectivity index (χ3n) is 7.48. The average Bonchev–Trinajstić information content (AvgIpc) is 3.28. The molecule has 5 nitrogen and oxygen atoms in total. The first-order valence-electron chi connectivity index (χ1n) is 13.1. The third-order valence-corrected chi connectivity index (χ3v) is 7.48. The molecule has 4 aromatic carbocycles. The van der Waals surface area contributed by atoms with Crippen molar-refractivity contribution in [2.24, 2.45) is 0 Å². The molecule has 196 valence electrons. The second-order valence-electron chi connectivity index (χ2n) is 10.0. The minimum atomic E-state index is -0.221. The van der Waals surface area contributed by atoms with Gasteiger partial charge in [-0.3, -0.25) is 9.69 Å². The van der Waals surface area contributed by atoms with E-state index < -0.39 is 0 Å². The molecule has 1 saturated heterocycles. The maximum atomic E-state index is 14.2. The Hall–Kier alpha value is -4.42. The van der Waals surface area contributed by atoms with Crippen molar-refractivity contribution in [2.45, 2.75) is 13.5 Å². The summed E-state index contributed by atoms with van der Waals surface area (Å²) >= 11 is 0. The summed E-state index contributed by atoms with van der Waals surface area (Å²) in [6.07, 6.45) is 1.75. The van der Waals surface area contributed by atoms with Crippen LogP contribution in [0, 0.1) is 12.7 Å². The molecule has 2 heterocycles. The molecule has 0 amide bonds. The highest BCUT2D eigenvalue weighted by molar-refractivity contribution is 6.15. The number of aryl methyl sites for hydroxylation is 1. The van der Waals surface area contributed by atoms with Crippen LogP contribution in [-0.2, 0) is 6.54 Å². The predicted octanol–water partition coefficient (Wildman–Crippen LogP) is 6.45. The largest absolute Gasteiger partial charge is 0.507 e. The van der Waals surface area contributed by atoms with Crippen LogP contribution in [0.3, 0.4) is 0 Å². The zero-order valence-electron chi connectivity index (χ0n) is 21.7. The van der Waals surface area contributed by atoms with Crippen molar-refractivity contribution in [3.8, 4) is 22.6 Å². The van der Waals surface area contributed by atoms with E-state index >= 15 is 0 Å². The van der Waals surface area contributed by atoms with Gasteiger partial charge in [0, 0.05) is 32.7 Å². The molecule has 0 bridgehead atoms. The highest BCUT2D eigenvalue weighted by atomic mass is 19.1. The summed E-state index contributed by atoms with van der Waals surface area (Å²) in [6, 6.07) is 26.6. The monoisotopic (exact) mass is 520 g/mol. The van der Waals surface area contributed by atoms with E-state index in [0.717, 1.165) is 16.7 Å². The van der Waals surface area contributed by atoms with E-state index in [9.17, 15) is 14.3 Å². The summed E-state index contributed by atoms with van der Waals surface area (Å²) < 4.78 is 20.4. The van der Waals surface area contributed by atoms with Gasteiger partial charge in [-0.05, 0) is 53.5 Å². The van der Waals surface area contributed by atoms with Gasteiger partial charge in [-0.15, -0.1) is 0 Å². The van der Waals surface area contributed by atoms with Crippen molar-refractivity contribution in [2.75, 3.05) is 31.1 Å². The highest BCUT2D eigenvalue weighted by Gasteiger charge is 2.34. The van der Waals surface area contributed by atoms with E-state index in [1.165, 1.54) is 6.07 Å². The Labute approximate surface area is 227 Å². The minimum Gasteiger partial charge on any atom is -0.507 e. The molecule has 0 aliphatic carbocycles. The molecule has 0 spiro atoms. The summed E-state index contributed by atoms with van der Waals surface area (Å²) in [7, 11) is 0. The molecule has 4 aromatic rings. The lowest BCUT2D eigenvalue weighted by atomic mass is 9.98. The smallest absolute Gasteiger partial charge is 0.232 e. The van der Waals surface area contributed by atoms with Gasteiger partial charge in [-0.25, -0.2) is 4.39 Å². The Morgan fingerprint density at radius 3 is 2.28 bits per heavy atom. The van der Waals surface area contributed by atoms with Crippen LogP contribution >= 0.6 is 0 Å². The standard InChI is InChI=1S/C33H29FN2O3/c1-22-19-29(37)26(21-35-15-17-36(18-16-35)28-10-6-5-9-27(28)34)33-31(22)32(38)30(39-33)20-23-11-13-25(14-12-23)24-7-3-2-4-8-24/h2-14,19-20,37H,15-18,21H2,1H3/b30-20+. The number of allylic oxidation sites excluding steroid dienone is 1. The maximum absolute atomic E-state index is 14.2. The number of phenols is 1. The van der Waals surface area contributed by atoms with Crippen molar-refractivity contribution < 1.29 is 19.0 Å². The molecule has 39 heavy (non-hydrogen) atoms. The fraction of sp³-hybridized carbons (Fsp3) is 0.182. The molecule has 6 heteroatoms. The molecule has 0 aromatic heterocycles. The second kappa shape index (κ2) is 10.4. The first kappa shape index (κ1) is 24.9. The summed E-state index contributed by atoms with van der Waals surface area (Å²) in [5, 5.41) is 10.9. The van der Waals surface area contributed by atoms with Crippen LogP contribution in [-0.4, -0.2) is 42.0 Å². The fourth-order valence-electron chi connectivity index (χ4n) is 5.37. The Morgan fingerprint density at radius 2 is 1.56 bits per heavy atom. The lowest BCUT2D eigenvalue weighted by molar-refractivity contribution is 0.101. The molecule has 0 saturated carbocycles. The number of ketones is 1. The molecule has 6 rings (SSSR count). The first-order chi connectivity index (χ1) is 19.0. The molecule has 1 fully saturated rings. The van der Waals surface area contributed by atoms with E-state index in [1.807, 2.05) is 60.4 Å². The van der Waals surface area contributed by atoms with Crippen LogP contribution in [0.15, 0.2) is 90.7 Å². The number of carbonyl (C=O) groups excluding carboxylic acids is 1. The summed E-state index contributed by atoms with van der Waals surface area (Å²) in [4.78, 5) is 17.6. The van der Waals surface area contributed by atoms with E-state index in [2.05, 4.69) is 17.0 Å². The number of aromatic hydroxyl groups is 1. The Bertz CT molecular complexity index is 1560. The normalized spacial score (nSPS) is 16.4. The summed E-state index contributed by atoms with van der Waals surface area (Å²) in [5.74, 6) is 0.392. The number of carbonyl (C=O) groups is 1. The van der Waals surface area contributed by atoms with Gasteiger partial charge < -0.3 is 14.7 Å². The number of Topliss-reactive ketones (excluding diaryl/α,β-unsaturated/α-hetero) is 1. The van der Waals surface area contributed by atoms with E-state index in [1.54, 1.807) is 24.3 Å². The number of anilines is 1. The quantitative estimate of drug-likeness (QED) is 0.307. The first-order valence-corrected chi connectivity index (χ1v) is 13.1. The lowest BCUT2D eigenvalue weighted by Gasteiger charge is -2.36. The number of nitrogens with zero attached hydrogens (tertiary/aromatic N) is 2. The van der Waals surface area contributed by atoms with Gasteiger partial charge in [-0.2, -0.15) is 0 Å². The summed E-state index contributed by atoms with van der Waals surface area (Å²) in [6.45, 7) is 4.97. The molecular weight excluding hydrogens is 491 g/mol. The van der Waals surface area contributed by atoms with E-state index in [0.29, 0.717) is 60.9 Å². The number of piperazine rings is 1. The minimum absolute atomic E-state index is 0.115. The fourth-order valence-corrected chi connectivity index (χ4v) is 5.37. The number of hydrogen-bond donors (Lipinski definition) is 1. The van der Waals surface area contributed by atoms with Crippen LogP contribution < -0.4 is 9.64 Å². The average molecular weight is 521 g/mol. The Balaban J connectivity index is 1.21. The lowest BCUT2D eigenvalue weighted by Crippen LogP contribution is -2.46. The van der Waals surface area contributed by atoms with Crippen LogP contribution in [0.25, 0.3) is 17.2 Å². The topological polar surface area (TPSA) is 53.0 Å². The highest BCUT2D eigenvalue weighted by Crippen LogP contribution is 2.42. The van der Waals surface area contributed by atoms with Crippen molar-refractivity contribution >= 4 is 17.5 Å². The van der Waals surface area contributed by atoms with Crippen molar-refractivity contribution in [3.63, 3.8) is 0 Å². The number of hydrogen-bond acceptors (Lipinski definition) is 5. The Morgan fingerprint density at radius 1 is 0.897 bits per heavy atom. The number of para-hydroxylation sites is 1. The van der Waals surface area contributed by atoms with E-state index in [4.69, 9.17) is 4.74 Å². The van der Waals surface area contributed by atoms with Crippen LogP contribution in [0.2, 0.25) is 0 Å². The van der Waals surface area contributed by atoms with Crippen molar-refractivity contribution in [1.29, 1.82) is 0 Å². The van der Waals surface area contributed by atoms with Gasteiger partial charge in [0.15, 0.2) is 5.76 Å². The van der Waals surface area contributed by atoms with Gasteiger partial charge in [-0.1, -0.05) is 66.7 Å². The van der Waals surface area contributed by atoms with Crippen molar-refractivity contribution in [1.82, 2.24) is 4.90 Å². The van der Waals surface area contributed by atoms with E-state index in [-0.39, 0.29) is 23.1 Å². The molecule has 2 aliphatic heterocycles. The Kier molecular flexibility index (Phi) is 6.63. The van der Waals surface area contributed by atoms with Gasteiger partial charge in [0.25, 0.3) is 0 Å². The number of rotatable bonds is 5. The number of ether oxygens (including phenoxy) is 1. The molecule has 0 atom stereocenters. The van der Waals surface area contributed by atoms with Gasteiger partial charge in [0.1, 0.15) is 17.3 Å². The number of benzene rings is 4. The molecule has 0 unspecified atom stereocenters. The molecule has 0 radical (unpaired) electrons. The third kappa shape index (κ3) is 4.91. The van der Waals surface area contributed by atoms with Gasteiger partial charge in [0.05, 0.1) is 16.8 Å². The molecule has 2 aliphatic rings. The van der Waals surface area contributed by atoms with Gasteiger partial charge >= 0.3 is 0 Å². The maximum Gasteiger partial charge on any atom is 0.232 e. The van der Waals surface area contributed by atoms with Crippen molar-refractivity contribution in [3.05, 3.63) is 119 Å². The SMILES string of the molecule is Cc1cc(O)c(CN2CCN(c3ccccc3F)CC2)c2c1C(=O)/C(=C\c1ccc(-c3ccccc3)cc1)O2. The van der Waals surface area contributed by atoms with Crippen LogP contribution in [0.1, 0.15) is 27.0 Å². The number of phenolic OH excluding ortho intramolecular Hbond substituents is 1. The zero-order chi connectivity index (χ0) is 26.9. The van der Waals surface area contributed by atoms with Crippen LogP contribution in [0.4, 0.5) is 10.1 Å². The predicted molar refractivity (Wildman–Crippen MR) is 152 cm³/mol. The summed E-state index contributed by atoms with van der Waals surface area (Å²) in [5.41, 5.74) is 5.48. The molecule has 1 N–H and O–H groups in total.